The Morgan fingerprint density at radius 1 is 0.750 bits per heavy atom. The third-order valence-corrected chi connectivity index (χ3v) is 10.0. The molecular weight excluding hydrogens is 461 g/mol. The van der Waals surface area contributed by atoms with Crippen LogP contribution in [-0.4, -0.2) is 16.1 Å². The molecule has 5 aromatic rings. The maximum Gasteiger partial charge on any atom is 0.146 e. The zero-order chi connectivity index (χ0) is 24.5. The highest BCUT2D eigenvalue weighted by Crippen LogP contribution is 2.55. The van der Waals surface area contributed by atoms with Crippen molar-refractivity contribution in [2.45, 2.75) is 13.3 Å². The summed E-state index contributed by atoms with van der Waals surface area (Å²) in [6.07, 6.45) is 3.29. The molecule has 0 saturated heterocycles. The highest BCUT2D eigenvalue weighted by molar-refractivity contribution is 7.80. The molecule has 0 radical (unpaired) electrons. The van der Waals surface area contributed by atoms with Gasteiger partial charge in [-0.1, -0.05) is 61.5 Å². The summed E-state index contributed by atoms with van der Waals surface area (Å²) in [5.74, 6) is 0. The van der Waals surface area contributed by atoms with Crippen molar-refractivity contribution in [2.75, 3.05) is 11.5 Å². The second-order valence-corrected chi connectivity index (χ2v) is 11.9. The molecule has 1 N–H and O–H groups in total. The number of para-hydroxylation sites is 1. The van der Waals surface area contributed by atoms with Crippen LogP contribution in [0.2, 0.25) is 0 Å². The average Bonchev–Trinajstić information content (AvgIpc) is 3.18. The lowest BCUT2D eigenvalue weighted by Crippen LogP contribution is -2.13. The van der Waals surface area contributed by atoms with E-state index in [2.05, 4.69) is 35.4 Å². The normalized spacial score (nSPS) is 15.8. The van der Waals surface area contributed by atoms with Crippen LogP contribution in [0.4, 0.5) is 11.4 Å². The summed E-state index contributed by atoms with van der Waals surface area (Å²) >= 11 is 0. The van der Waals surface area contributed by atoms with E-state index in [9.17, 15) is 4.57 Å². The van der Waals surface area contributed by atoms with Crippen molar-refractivity contribution >= 4 is 29.1 Å². The lowest BCUT2D eigenvalue weighted by Gasteiger charge is -2.15. The molecule has 1 unspecified atom stereocenters. The second-order valence-electron chi connectivity index (χ2n) is 9.01. The molecule has 3 aromatic carbocycles. The van der Waals surface area contributed by atoms with Crippen molar-refractivity contribution in [3.63, 3.8) is 0 Å². The first-order valence-corrected chi connectivity index (χ1v) is 14.1. The number of fused-ring (bicyclic) bond motifs is 3. The van der Waals surface area contributed by atoms with E-state index in [1.807, 2.05) is 84.9 Å². The number of hydrogen-bond donors (Lipinski definition) is 1. The lowest BCUT2D eigenvalue weighted by atomic mass is 10.0. The predicted molar refractivity (Wildman–Crippen MR) is 150 cm³/mol. The first-order chi connectivity index (χ1) is 17.7. The fourth-order valence-corrected chi connectivity index (χ4v) is 8.12. The number of nitrogens with zero attached hydrogens (tertiary/aromatic N) is 2. The van der Waals surface area contributed by atoms with Crippen LogP contribution in [0.1, 0.15) is 13.3 Å². The fourth-order valence-electron chi connectivity index (χ4n) is 5.02. The Labute approximate surface area is 211 Å². The number of pyridine rings is 2. The molecule has 1 aliphatic heterocycles. The summed E-state index contributed by atoms with van der Waals surface area (Å²) in [7, 11) is -2.76. The maximum atomic E-state index is 14.5. The van der Waals surface area contributed by atoms with Crippen LogP contribution in [0.3, 0.4) is 0 Å². The first-order valence-electron chi connectivity index (χ1n) is 12.3. The molecule has 6 rings (SSSR count). The number of hydrogen-bond acceptors (Lipinski definition) is 4. The molecule has 0 amide bonds. The standard InChI is InChI=1S/C31H26N3OP/c1-2-20-36(35)28-16-9-15-27(33-24-12-4-3-5-13-24)30(28)31-29(36)18-17-26(34-31)23-11-8-10-22(21-23)25-14-6-7-19-32-25/h3-19,21,33H,2,20H2,1H3. The van der Waals surface area contributed by atoms with Gasteiger partial charge in [0.15, 0.2) is 0 Å². The number of benzene rings is 3. The van der Waals surface area contributed by atoms with Gasteiger partial charge >= 0.3 is 0 Å². The number of anilines is 2. The Hall–Kier alpha value is -4.01. The van der Waals surface area contributed by atoms with Crippen molar-refractivity contribution in [2.24, 2.45) is 0 Å². The number of rotatable bonds is 6. The summed E-state index contributed by atoms with van der Waals surface area (Å²) in [5.41, 5.74) is 7.53. The van der Waals surface area contributed by atoms with Crippen molar-refractivity contribution in [1.82, 2.24) is 9.97 Å². The minimum atomic E-state index is -2.76. The summed E-state index contributed by atoms with van der Waals surface area (Å²) in [6, 6.07) is 34.4. The zero-order valence-electron chi connectivity index (χ0n) is 20.1. The number of nitrogens with one attached hydrogen (secondary N) is 1. The molecule has 2 aromatic heterocycles. The quantitative estimate of drug-likeness (QED) is 0.256. The molecular formula is C31H26N3OP. The molecule has 5 heteroatoms. The van der Waals surface area contributed by atoms with Crippen LogP contribution in [0.25, 0.3) is 33.8 Å². The lowest BCUT2D eigenvalue weighted by molar-refractivity contribution is 0.586. The first kappa shape index (κ1) is 22.5. The van der Waals surface area contributed by atoms with Gasteiger partial charge in [0.25, 0.3) is 0 Å². The molecule has 1 aliphatic rings. The van der Waals surface area contributed by atoms with Crippen LogP contribution in [0.15, 0.2) is 109 Å². The van der Waals surface area contributed by atoms with Gasteiger partial charge in [-0.25, -0.2) is 4.98 Å². The molecule has 0 bridgehead atoms. The Kier molecular flexibility index (Phi) is 5.75. The largest absolute Gasteiger partial charge is 0.355 e. The van der Waals surface area contributed by atoms with Crippen LogP contribution in [-0.2, 0) is 4.57 Å². The maximum absolute atomic E-state index is 14.5. The van der Waals surface area contributed by atoms with E-state index in [1.165, 1.54) is 0 Å². The van der Waals surface area contributed by atoms with Gasteiger partial charge in [0.2, 0.25) is 0 Å². The van der Waals surface area contributed by atoms with Crippen molar-refractivity contribution < 1.29 is 4.57 Å². The molecule has 36 heavy (non-hydrogen) atoms. The Bertz CT molecular complexity index is 1600. The van der Waals surface area contributed by atoms with Crippen LogP contribution < -0.4 is 15.9 Å². The molecule has 0 fully saturated rings. The highest BCUT2D eigenvalue weighted by atomic mass is 31.2. The van der Waals surface area contributed by atoms with Gasteiger partial charge in [0.1, 0.15) is 7.14 Å². The molecule has 4 nitrogen and oxygen atoms in total. The van der Waals surface area contributed by atoms with Crippen LogP contribution in [0.5, 0.6) is 0 Å². The molecule has 176 valence electrons. The van der Waals surface area contributed by atoms with E-state index in [0.717, 1.165) is 62.2 Å². The molecule has 0 aliphatic carbocycles. The Morgan fingerprint density at radius 2 is 1.53 bits per heavy atom. The van der Waals surface area contributed by atoms with E-state index < -0.39 is 7.14 Å². The molecule has 0 saturated carbocycles. The minimum Gasteiger partial charge on any atom is -0.355 e. The van der Waals surface area contributed by atoms with Crippen LogP contribution >= 0.6 is 7.14 Å². The van der Waals surface area contributed by atoms with Crippen molar-refractivity contribution in [3.8, 4) is 33.8 Å². The van der Waals surface area contributed by atoms with Gasteiger partial charge in [-0.15, -0.1) is 0 Å². The van der Waals surface area contributed by atoms with Gasteiger partial charge in [0, 0.05) is 51.0 Å². The summed E-state index contributed by atoms with van der Waals surface area (Å²) in [4.78, 5) is 9.64. The van der Waals surface area contributed by atoms with Gasteiger partial charge in [0.05, 0.1) is 17.1 Å². The van der Waals surface area contributed by atoms with E-state index in [1.54, 1.807) is 6.20 Å². The van der Waals surface area contributed by atoms with E-state index in [-0.39, 0.29) is 0 Å². The topological polar surface area (TPSA) is 54.9 Å². The summed E-state index contributed by atoms with van der Waals surface area (Å²) in [6.45, 7) is 2.09. The van der Waals surface area contributed by atoms with E-state index in [0.29, 0.717) is 6.16 Å². The SMILES string of the molecule is CCCP1(=O)c2ccc(-c3cccc(-c4ccccn4)c3)nc2-c2c(Nc3ccccc3)cccc21. The number of aromatic nitrogens is 2. The van der Waals surface area contributed by atoms with Gasteiger partial charge in [-0.2, -0.15) is 0 Å². The van der Waals surface area contributed by atoms with Gasteiger partial charge < -0.3 is 9.88 Å². The zero-order valence-corrected chi connectivity index (χ0v) is 21.0. The third-order valence-electron chi connectivity index (χ3n) is 6.64. The minimum absolute atomic E-state index is 0.637. The fraction of sp³-hybridized carbons (Fsp3) is 0.0968. The monoisotopic (exact) mass is 487 g/mol. The van der Waals surface area contributed by atoms with Gasteiger partial charge in [-0.05, 0) is 55.0 Å². The smallest absolute Gasteiger partial charge is 0.146 e. The van der Waals surface area contributed by atoms with Crippen molar-refractivity contribution in [1.29, 1.82) is 0 Å². The third kappa shape index (κ3) is 3.84. The average molecular weight is 488 g/mol. The highest BCUT2D eigenvalue weighted by Gasteiger charge is 2.40. The van der Waals surface area contributed by atoms with E-state index in [4.69, 9.17) is 4.98 Å². The second kappa shape index (κ2) is 9.22. The summed E-state index contributed by atoms with van der Waals surface area (Å²) in [5, 5.41) is 5.32. The Balaban J connectivity index is 1.50. The molecule has 1 atom stereocenters. The van der Waals surface area contributed by atoms with Crippen molar-refractivity contribution in [3.05, 3.63) is 109 Å². The predicted octanol–water partition coefficient (Wildman–Crippen LogP) is 7.26. The van der Waals surface area contributed by atoms with E-state index >= 15 is 0 Å². The Morgan fingerprint density at radius 3 is 2.31 bits per heavy atom. The summed E-state index contributed by atoms with van der Waals surface area (Å²) < 4.78 is 14.5. The molecule has 3 heterocycles. The molecule has 0 spiro atoms. The van der Waals surface area contributed by atoms with Gasteiger partial charge in [-0.3, -0.25) is 4.98 Å². The van der Waals surface area contributed by atoms with Crippen LogP contribution in [0, 0.1) is 0 Å².